The van der Waals surface area contributed by atoms with Gasteiger partial charge in [0.15, 0.2) is 0 Å². The first-order valence-electron chi connectivity index (χ1n) is 6.65. The van der Waals surface area contributed by atoms with Crippen LogP contribution in [0.1, 0.15) is 32.1 Å². The fourth-order valence-corrected chi connectivity index (χ4v) is 4.02. The van der Waals surface area contributed by atoms with Crippen molar-refractivity contribution in [2.45, 2.75) is 37.7 Å². The van der Waals surface area contributed by atoms with Crippen molar-refractivity contribution in [3.63, 3.8) is 0 Å². The molecule has 2 rings (SSSR count). The van der Waals surface area contributed by atoms with Gasteiger partial charge in [0.2, 0.25) is 0 Å². The van der Waals surface area contributed by atoms with E-state index in [0.29, 0.717) is 6.42 Å². The Kier molecular flexibility index (Phi) is 4.56. The topological polar surface area (TPSA) is 58.6 Å². The zero-order valence-electron chi connectivity index (χ0n) is 11.0. The fraction of sp³-hybridized carbons (Fsp3) is 0.923. The summed E-state index contributed by atoms with van der Waals surface area (Å²) in [5, 5.41) is 13.6. The van der Waals surface area contributed by atoms with Crippen LogP contribution in [0.2, 0.25) is 0 Å². The molecule has 4 nitrogen and oxygen atoms in total. The number of ether oxygens (including phenoxy) is 1. The zero-order valence-corrected chi connectivity index (χ0v) is 11.9. The van der Waals surface area contributed by atoms with Crippen molar-refractivity contribution in [1.82, 2.24) is 5.32 Å². The molecule has 0 bridgehead atoms. The van der Waals surface area contributed by atoms with E-state index < -0.39 is 5.60 Å². The second-order valence-electron chi connectivity index (χ2n) is 5.72. The minimum absolute atomic E-state index is 0.103. The number of rotatable bonds is 6. The van der Waals surface area contributed by atoms with Crippen LogP contribution >= 0.6 is 11.8 Å². The highest BCUT2D eigenvalue weighted by molar-refractivity contribution is 7.99. The van der Waals surface area contributed by atoms with Crippen LogP contribution in [-0.4, -0.2) is 48.4 Å². The van der Waals surface area contributed by atoms with E-state index in [0.717, 1.165) is 50.3 Å². The molecule has 2 fully saturated rings. The van der Waals surface area contributed by atoms with Crippen molar-refractivity contribution in [2.75, 3.05) is 31.7 Å². The Hall–Kier alpha value is -0.260. The Morgan fingerprint density at radius 1 is 1.28 bits per heavy atom. The Morgan fingerprint density at radius 2 is 1.94 bits per heavy atom. The molecule has 1 aliphatic carbocycles. The molecule has 5 heteroatoms. The van der Waals surface area contributed by atoms with E-state index in [1.54, 1.807) is 11.8 Å². The number of hydrogen-bond acceptors (Lipinski definition) is 5. The smallest absolute Gasteiger partial charge is 0.306 e. The molecule has 1 saturated heterocycles. The summed E-state index contributed by atoms with van der Waals surface area (Å²) < 4.78 is 4.74. The van der Waals surface area contributed by atoms with E-state index in [1.165, 1.54) is 7.11 Å². The Bertz CT molecular complexity index is 299. The second-order valence-corrected chi connectivity index (χ2v) is 6.71. The summed E-state index contributed by atoms with van der Waals surface area (Å²) >= 11 is 1.79. The Balaban J connectivity index is 1.70. The van der Waals surface area contributed by atoms with Crippen molar-refractivity contribution < 1.29 is 14.6 Å². The van der Waals surface area contributed by atoms with Crippen LogP contribution < -0.4 is 5.32 Å². The van der Waals surface area contributed by atoms with Gasteiger partial charge in [0.05, 0.1) is 19.1 Å². The number of carbonyl (C=O) groups excluding carboxylic acids is 1. The first-order valence-corrected chi connectivity index (χ1v) is 7.81. The summed E-state index contributed by atoms with van der Waals surface area (Å²) in [5.74, 6) is 1.66. The van der Waals surface area contributed by atoms with Gasteiger partial charge in [-0.1, -0.05) is 0 Å². The highest BCUT2D eigenvalue weighted by atomic mass is 32.2. The summed E-state index contributed by atoms with van der Waals surface area (Å²) in [6.45, 7) is 1.81. The van der Waals surface area contributed by atoms with Crippen molar-refractivity contribution >= 4 is 17.7 Å². The lowest BCUT2D eigenvalue weighted by atomic mass is 9.95. The number of nitrogens with one attached hydrogen (secondary N) is 1. The second kappa shape index (κ2) is 5.80. The van der Waals surface area contributed by atoms with E-state index in [2.05, 4.69) is 5.32 Å². The van der Waals surface area contributed by atoms with Gasteiger partial charge in [0, 0.05) is 5.75 Å². The van der Waals surface area contributed by atoms with E-state index in [9.17, 15) is 9.90 Å². The van der Waals surface area contributed by atoms with Crippen LogP contribution in [0.25, 0.3) is 0 Å². The predicted molar refractivity (Wildman–Crippen MR) is 72.7 cm³/mol. The molecule has 0 radical (unpaired) electrons. The first kappa shape index (κ1) is 14.2. The van der Waals surface area contributed by atoms with Gasteiger partial charge in [-0.2, -0.15) is 11.8 Å². The molecule has 0 spiro atoms. The quantitative estimate of drug-likeness (QED) is 0.712. The molecule has 0 aromatic rings. The molecule has 0 atom stereocenters. The molecule has 1 saturated carbocycles. The molecule has 18 heavy (non-hydrogen) atoms. The summed E-state index contributed by atoms with van der Waals surface area (Å²) in [6.07, 6.45) is 4.45. The lowest BCUT2D eigenvalue weighted by Gasteiger charge is -2.32. The maximum atomic E-state index is 11.3. The minimum atomic E-state index is -0.503. The molecule has 1 aliphatic heterocycles. The normalized spacial score (nSPS) is 24.6. The third kappa shape index (κ3) is 3.87. The van der Waals surface area contributed by atoms with Crippen LogP contribution in [0.5, 0.6) is 0 Å². The number of esters is 1. The van der Waals surface area contributed by atoms with Gasteiger partial charge in [-0.3, -0.25) is 4.79 Å². The summed E-state index contributed by atoms with van der Waals surface area (Å²) in [6, 6.07) is 0. The van der Waals surface area contributed by atoms with E-state index in [4.69, 9.17) is 4.74 Å². The monoisotopic (exact) mass is 273 g/mol. The number of methoxy groups -OCH3 is 1. The molecule has 0 amide bonds. The van der Waals surface area contributed by atoms with Crippen LogP contribution in [0, 0.1) is 5.41 Å². The standard InChI is InChI=1S/C13H23NO3S/c1-17-11(15)8-12(2-3-12)9-18-10-13(16)4-6-14-7-5-13/h14,16H,2-10H2,1H3. The highest BCUT2D eigenvalue weighted by Gasteiger charge is 2.45. The van der Waals surface area contributed by atoms with Gasteiger partial charge in [-0.15, -0.1) is 0 Å². The van der Waals surface area contributed by atoms with Crippen molar-refractivity contribution in [3.8, 4) is 0 Å². The molecule has 2 N–H and O–H groups in total. The van der Waals surface area contributed by atoms with Crippen molar-refractivity contribution in [1.29, 1.82) is 0 Å². The van der Waals surface area contributed by atoms with E-state index >= 15 is 0 Å². The fourth-order valence-electron chi connectivity index (χ4n) is 2.42. The lowest BCUT2D eigenvalue weighted by molar-refractivity contribution is -0.141. The molecular weight excluding hydrogens is 250 g/mol. The third-order valence-electron chi connectivity index (χ3n) is 4.02. The molecule has 2 aliphatic rings. The molecule has 1 heterocycles. The number of piperidine rings is 1. The van der Waals surface area contributed by atoms with Gasteiger partial charge in [-0.05, 0) is 49.9 Å². The van der Waals surface area contributed by atoms with Crippen molar-refractivity contribution in [2.24, 2.45) is 5.41 Å². The van der Waals surface area contributed by atoms with E-state index in [1.807, 2.05) is 0 Å². The Labute approximate surface area is 113 Å². The van der Waals surface area contributed by atoms with Crippen LogP contribution in [-0.2, 0) is 9.53 Å². The molecule has 104 valence electrons. The first-order chi connectivity index (χ1) is 8.58. The molecule has 0 aromatic heterocycles. The lowest BCUT2D eigenvalue weighted by Crippen LogP contribution is -2.43. The predicted octanol–water partition coefficient (Wildman–Crippen LogP) is 1.18. The van der Waals surface area contributed by atoms with Crippen LogP contribution in [0.15, 0.2) is 0 Å². The number of aliphatic hydroxyl groups is 1. The SMILES string of the molecule is COC(=O)CC1(CSCC2(O)CCNCC2)CC1. The number of thioether (sulfide) groups is 1. The van der Waals surface area contributed by atoms with Gasteiger partial charge < -0.3 is 15.2 Å². The average molecular weight is 273 g/mol. The van der Waals surface area contributed by atoms with Gasteiger partial charge >= 0.3 is 5.97 Å². The maximum absolute atomic E-state index is 11.3. The summed E-state index contributed by atoms with van der Waals surface area (Å²) in [7, 11) is 1.45. The molecular formula is C13H23NO3S. The van der Waals surface area contributed by atoms with Gasteiger partial charge in [-0.25, -0.2) is 0 Å². The zero-order chi connectivity index (χ0) is 13.1. The van der Waals surface area contributed by atoms with Crippen LogP contribution in [0.3, 0.4) is 0 Å². The summed E-state index contributed by atoms with van der Waals surface area (Å²) in [5.41, 5.74) is -0.335. The summed E-state index contributed by atoms with van der Waals surface area (Å²) in [4.78, 5) is 11.3. The largest absolute Gasteiger partial charge is 0.469 e. The average Bonchev–Trinajstić information content (AvgIpc) is 3.09. The Morgan fingerprint density at radius 3 is 2.50 bits per heavy atom. The maximum Gasteiger partial charge on any atom is 0.306 e. The number of hydrogen-bond donors (Lipinski definition) is 2. The highest BCUT2D eigenvalue weighted by Crippen LogP contribution is 2.51. The third-order valence-corrected chi connectivity index (χ3v) is 5.58. The van der Waals surface area contributed by atoms with Gasteiger partial charge in [0.1, 0.15) is 0 Å². The molecule has 0 aromatic carbocycles. The number of carbonyl (C=O) groups is 1. The van der Waals surface area contributed by atoms with Crippen LogP contribution in [0.4, 0.5) is 0 Å². The van der Waals surface area contributed by atoms with Gasteiger partial charge in [0.25, 0.3) is 0 Å². The minimum Gasteiger partial charge on any atom is -0.469 e. The molecule has 0 unspecified atom stereocenters. The van der Waals surface area contributed by atoms with Crippen molar-refractivity contribution in [3.05, 3.63) is 0 Å². The van der Waals surface area contributed by atoms with E-state index in [-0.39, 0.29) is 11.4 Å².